The van der Waals surface area contributed by atoms with E-state index >= 15 is 0 Å². The number of hydrogen-bond acceptors (Lipinski definition) is 3. The molecule has 0 saturated carbocycles. The molecule has 0 atom stereocenters. The van der Waals surface area contributed by atoms with Crippen LogP contribution in [0, 0.1) is 3.57 Å². The monoisotopic (exact) mass is 383 g/mol. The van der Waals surface area contributed by atoms with Crippen molar-refractivity contribution in [2.24, 2.45) is 0 Å². The Bertz CT molecular complexity index is 279. The topological polar surface area (TPSA) is 29.0 Å². The summed E-state index contributed by atoms with van der Waals surface area (Å²) in [4.78, 5) is 10.7. The van der Waals surface area contributed by atoms with Gasteiger partial charge < -0.3 is 4.90 Å². The first-order valence-electron chi connectivity index (χ1n) is 4.98. The second-order valence-electron chi connectivity index (χ2n) is 3.37. The Morgan fingerprint density at radius 1 is 1.27 bits per heavy atom. The van der Waals surface area contributed by atoms with E-state index in [9.17, 15) is 0 Å². The van der Waals surface area contributed by atoms with E-state index in [2.05, 4.69) is 53.4 Å². The van der Waals surface area contributed by atoms with Crippen molar-refractivity contribution in [1.82, 2.24) is 9.97 Å². The van der Waals surface area contributed by atoms with Gasteiger partial charge in [-0.2, -0.15) is 0 Å². The predicted octanol–water partition coefficient (Wildman–Crippen LogP) is 3.08. The number of rotatable bonds is 6. The van der Waals surface area contributed by atoms with Gasteiger partial charge in [0.1, 0.15) is 0 Å². The number of unbranched alkanes of at least 4 members (excludes halogenated alkanes) is 2. The third kappa shape index (κ3) is 5.10. The SMILES string of the molecule is CN(CCCCCBr)c1ncc(I)cn1. The maximum absolute atomic E-state index is 4.28. The summed E-state index contributed by atoms with van der Waals surface area (Å²) < 4.78 is 1.07. The lowest BCUT2D eigenvalue weighted by atomic mass is 10.2. The van der Waals surface area contributed by atoms with Crippen LogP contribution in [0.4, 0.5) is 5.95 Å². The van der Waals surface area contributed by atoms with Crippen molar-refractivity contribution in [1.29, 1.82) is 0 Å². The summed E-state index contributed by atoms with van der Waals surface area (Å²) in [6.07, 6.45) is 7.37. The standard InChI is InChI=1S/C10H15BrIN3/c1-15(6-4-2-3-5-11)10-13-7-9(12)8-14-10/h7-8H,2-6H2,1H3. The van der Waals surface area contributed by atoms with Crippen molar-refractivity contribution in [3.8, 4) is 0 Å². The zero-order valence-electron chi connectivity index (χ0n) is 8.79. The van der Waals surface area contributed by atoms with Crippen LogP contribution in [-0.4, -0.2) is 28.9 Å². The molecular weight excluding hydrogens is 369 g/mol. The second kappa shape index (κ2) is 7.38. The molecule has 0 radical (unpaired) electrons. The maximum atomic E-state index is 4.28. The molecule has 0 N–H and O–H groups in total. The van der Waals surface area contributed by atoms with Crippen molar-refractivity contribution >= 4 is 44.5 Å². The smallest absolute Gasteiger partial charge is 0.225 e. The van der Waals surface area contributed by atoms with Crippen LogP contribution in [0.1, 0.15) is 19.3 Å². The highest BCUT2D eigenvalue weighted by molar-refractivity contribution is 14.1. The molecule has 1 heterocycles. The minimum absolute atomic E-state index is 0.814. The summed E-state index contributed by atoms with van der Waals surface area (Å²) in [6, 6.07) is 0. The third-order valence-electron chi connectivity index (χ3n) is 2.08. The van der Waals surface area contributed by atoms with Crippen LogP contribution < -0.4 is 4.90 Å². The summed E-state index contributed by atoms with van der Waals surface area (Å²) >= 11 is 5.64. The Labute approximate surface area is 113 Å². The summed E-state index contributed by atoms with van der Waals surface area (Å²) in [5, 5.41) is 1.09. The fourth-order valence-electron chi connectivity index (χ4n) is 1.22. The van der Waals surface area contributed by atoms with E-state index in [-0.39, 0.29) is 0 Å². The minimum atomic E-state index is 0.814. The highest BCUT2D eigenvalue weighted by Crippen LogP contribution is 2.08. The van der Waals surface area contributed by atoms with Crippen LogP contribution in [0.15, 0.2) is 12.4 Å². The number of nitrogens with zero attached hydrogens (tertiary/aromatic N) is 3. The van der Waals surface area contributed by atoms with Gasteiger partial charge >= 0.3 is 0 Å². The van der Waals surface area contributed by atoms with E-state index in [1.165, 1.54) is 19.3 Å². The normalized spacial score (nSPS) is 10.3. The number of hydrogen-bond donors (Lipinski definition) is 0. The Morgan fingerprint density at radius 3 is 2.53 bits per heavy atom. The van der Waals surface area contributed by atoms with Gasteiger partial charge in [0.2, 0.25) is 5.95 Å². The highest BCUT2D eigenvalue weighted by atomic mass is 127. The lowest BCUT2D eigenvalue weighted by molar-refractivity contribution is 0.701. The van der Waals surface area contributed by atoms with E-state index < -0.39 is 0 Å². The molecule has 1 rings (SSSR count). The average molecular weight is 384 g/mol. The van der Waals surface area contributed by atoms with Gasteiger partial charge in [-0.25, -0.2) is 9.97 Å². The summed E-state index contributed by atoms with van der Waals surface area (Å²) in [6.45, 7) is 1.02. The summed E-state index contributed by atoms with van der Waals surface area (Å²) in [5.74, 6) is 0.814. The van der Waals surface area contributed by atoms with Gasteiger partial charge in [0.25, 0.3) is 0 Å². The number of aromatic nitrogens is 2. The fourth-order valence-corrected chi connectivity index (χ4v) is 1.90. The Hall–Kier alpha value is 0.0900. The molecule has 0 amide bonds. The van der Waals surface area contributed by atoms with Gasteiger partial charge in [0.05, 0.1) is 0 Å². The van der Waals surface area contributed by atoms with Gasteiger partial charge in [-0.1, -0.05) is 22.4 Å². The van der Waals surface area contributed by atoms with Gasteiger partial charge in [0, 0.05) is 34.9 Å². The molecule has 0 saturated heterocycles. The van der Waals surface area contributed by atoms with Gasteiger partial charge in [-0.3, -0.25) is 0 Å². The van der Waals surface area contributed by atoms with E-state index in [1.54, 1.807) is 0 Å². The van der Waals surface area contributed by atoms with Crippen molar-refractivity contribution in [3.05, 3.63) is 16.0 Å². The van der Waals surface area contributed by atoms with Gasteiger partial charge in [-0.05, 0) is 35.4 Å². The second-order valence-corrected chi connectivity index (χ2v) is 5.41. The molecule has 84 valence electrons. The van der Waals surface area contributed by atoms with Crippen molar-refractivity contribution < 1.29 is 0 Å². The molecule has 0 fully saturated rings. The van der Waals surface area contributed by atoms with E-state index in [0.717, 1.165) is 21.4 Å². The largest absolute Gasteiger partial charge is 0.344 e. The number of halogens is 2. The van der Waals surface area contributed by atoms with E-state index in [0.29, 0.717) is 0 Å². The molecule has 0 spiro atoms. The average Bonchev–Trinajstić information content (AvgIpc) is 2.25. The first-order chi connectivity index (χ1) is 7.24. The molecule has 15 heavy (non-hydrogen) atoms. The van der Waals surface area contributed by atoms with Crippen molar-refractivity contribution in [2.75, 3.05) is 23.8 Å². The number of anilines is 1. The highest BCUT2D eigenvalue weighted by Gasteiger charge is 2.02. The third-order valence-corrected chi connectivity index (χ3v) is 3.19. The maximum Gasteiger partial charge on any atom is 0.225 e. The molecular formula is C10H15BrIN3. The predicted molar refractivity (Wildman–Crippen MR) is 75.7 cm³/mol. The Kier molecular flexibility index (Phi) is 6.47. The minimum Gasteiger partial charge on any atom is -0.344 e. The van der Waals surface area contributed by atoms with Gasteiger partial charge in [0.15, 0.2) is 0 Å². The first kappa shape index (κ1) is 13.2. The first-order valence-corrected chi connectivity index (χ1v) is 7.18. The lowest BCUT2D eigenvalue weighted by Crippen LogP contribution is -2.20. The quantitative estimate of drug-likeness (QED) is 0.429. The van der Waals surface area contributed by atoms with Crippen LogP contribution in [0.2, 0.25) is 0 Å². The van der Waals surface area contributed by atoms with E-state index in [4.69, 9.17) is 0 Å². The molecule has 0 aliphatic heterocycles. The zero-order valence-corrected chi connectivity index (χ0v) is 12.5. The zero-order chi connectivity index (χ0) is 11.1. The van der Waals surface area contributed by atoms with Crippen LogP contribution in [0.5, 0.6) is 0 Å². The Morgan fingerprint density at radius 2 is 1.93 bits per heavy atom. The van der Waals surface area contributed by atoms with Gasteiger partial charge in [-0.15, -0.1) is 0 Å². The molecule has 5 heteroatoms. The molecule has 1 aromatic heterocycles. The van der Waals surface area contributed by atoms with Crippen LogP contribution in [0.25, 0.3) is 0 Å². The molecule has 1 aromatic rings. The van der Waals surface area contributed by atoms with Crippen molar-refractivity contribution in [2.45, 2.75) is 19.3 Å². The molecule has 0 unspecified atom stereocenters. The summed E-state index contributed by atoms with van der Waals surface area (Å²) in [5.41, 5.74) is 0. The van der Waals surface area contributed by atoms with Crippen LogP contribution >= 0.6 is 38.5 Å². The van der Waals surface area contributed by atoms with E-state index in [1.807, 2.05) is 19.4 Å². The van der Waals surface area contributed by atoms with Crippen LogP contribution in [-0.2, 0) is 0 Å². The molecule has 0 aliphatic rings. The fraction of sp³-hybridized carbons (Fsp3) is 0.600. The van der Waals surface area contributed by atoms with Crippen LogP contribution in [0.3, 0.4) is 0 Å². The summed E-state index contributed by atoms with van der Waals surface area (Å²) in [7, 11) is 2.04. The molecule has 0 bridgehead atoms. The lowest BCUT2D eigenvalue weighted by Gasteiger charge is -2.16. The molecule has 0 aliphatic carbocycles. The molecule has 3 nitrogen and oxygen atoms in total. The Balaban J connectivity index is 2.33. The molecule has 0 aromatic carbocycles. The van der Waals surface area contributed by atoms with Crippen molar-refractivity contribution in [3.63, 3.8) is 0 Å². The number of alkyl halides is 1.